The summed E-state index contributed by atoms with van der Waals surface area (Å²) in [7, 11) is 1.77. The van der Waals surface area contributed by atoms with Gasteiger partial charge in [-0.05, 0) is 53.1 Å². The van der Waals surface area contributed by atoms with E-state index in [1.165, 1.54) is 19.3 Å². The highest BCUT2D eigenvalue weighted by molar-refractivity contribution is 5.73. The zero-order valence-corrected chi connectivity index (χ0v) is 13.5. The molecule has 1 aliphatic rings. The molecular weight excluding hydrogens is 254 g/mol. The first-order valence-electron chi connectivity index (χ1n) is 7.75. The summed E-state index contributed by atoms with van der Waals surface area (Å²) in [6.45, 7) is 9.61. The van der Waals surface area contributed by atoms with E-state index in [0.717, 1.165) is 13.1 Å². The molecule has 2 amide bonds. The summed E-state index contributed by atoms with van der Waals surface area (Å²) in [6, 6.07) is -0.0595. The summed E-state index contributed by atoms with van der Waals surface area (Å²) < 4.78 is 0. The second-order valence-electron chi connectivity index (χ2n) is 6.58. The first-order chi connectivity index (χ1) is 9.33. The quantitative estimate of drug-likeness (QED) is 0.780. The van der Waals surface area contributed by atoms with Crippen molar-refractivity contribution in [2.24, 2.45) is 0 Å². The standard InChI is InChI=1S/C15H31N3O2/c1-13(19)8-11-17(4)14(20)16-12-15(2,3)18-9-6-5-7-10-18/h13,19H,5-12H2,1-4H3,(H,16,20). The van der Waals surface area contributed by atoms with Crippen LogP contribution in [0, 0.1) is 0 Å². The molecule has 1 fully saturated rings. The summed E-state index contributed by atoms with van der Waals surface area (Å²) in [5.74, 6) is 0. The van der Waals surface area contributed by atoms with Crippen molar-refractivity contribution in [3.63, 3.8) is 0 Å². The Morgan fingerprint density at radius 1 is 1.35 bits per heavy atom. The molecule has 0 aromatic carbocycles. The molecule has 5 heteroatoms. The minimum Gasteiger partial charge on any atom is -0.393 e. The molecule has 2 N–H and O–H groups in total. The van der Waals surface area contributed by atoms with Crippen LogP contribution >= 0.6 is 0 Å². The number of hydrogen-bond acceptors (Lipinski definition) is 3. The van der Waals surface area contributed by atoms with E-state index in [4.69, 9.17) is 0 Å². The molecule has 0 spiro atoms. The summed E-state index contributed by atoms with van der Waals surface area (Å²) >= 11 is 0. The van der Waals surface area contributed by atoms with Crippen molar-refractivity contribution >= 4 is 6.03 Å². The molecule has 20 heavy (non-hydrogen) atoms. The van der Waals surface area contributed by atoms with Gasteiger partial charge in [-0.2, -0.15) is 0 Å². The number of likely N-dealkylation sites (tertiary alicyclic amines) is 1. The summed E-state index contributed by atoms with van der Waals surface area (Å²) in [5, 5.41) is 12.3. The van der Waals surface area contributed by atoms with Gasteiger partial charge >= 0.3 is 6.03 Å². The first-order valence-corrected chi connectivity index (χ1v) is 7.75. The molecule has 0 aromatic rings. The third kappa shape index (κ3) is 5.67. The Hall–Kier alpha value is -0.810. The van der Waals surface area contributed by atoms with Gasteiger partial charge in [-0.25, -0.2) is 4.79 Å². The molecule has 0 aliphatic carbocycles. The van der Waals surface area contributed by atoms with Gasteiger partial charge in [-0.15, -0.1) is 0 Å². The molecule has 0 bridgehead atoms. The Labute approximate surface area is 123 Å². The zero-order valence-electron chi connectivity index (χ0n) is 13.5. The van der Waals surface area contributed by atoms with Crippen molar-refractivity contribution in [3.8, 4) is 0 Å². The largest absolute Gasteiger partial charge is 0.393 e. The SMILES string of the molecule is CC(O)CCN(C)C(=O)NCC(C)(C)N1CCCCC1. The fourth-order valence-electron chi connectivity index (χ4n) is 2.52. The van der Waals surface area contributed by atoms with Crippen molar-refractivity contribution in [3.05, 3.63) is 0 Å². The van der Waals surface area contributed by atoms with Crippen molar-refractivity contribution < 1.29 is 9.90 Å². The van der Waals surface area contributed by atoms with E-state index in [1.54, 1.807) is 18.9 Å². The topological polar surface area (TPSA) is 55.8 Å². The van der Waals surface area contributed by atoms with Gasteiger partial charge in [0.25, 0.3) is 0 Å². The molecular formula is C15H31N3O2. The highest BCUT2D eigenvalue weighted by Gasteiger charge is 2.28. The highest BCUT2D eigenvalue weighted by Crippen LogP contribution is 2.19. The maximum Gasteiger partial charge on any atom is 0.317 e. The first kappa shape index (κ1) is 17.2. The Bertz CT molecular complexity index is 299. The second-order valence-corrected chi connectivity index (χ2v) is 6.58. The van der Waals surface area contributed by atoms with Gasteiger partial charge in [0, 0.05) is 25.7 Å². The normalized spacial score (nSPS) is 18.6. The Kier molecular flexibility index (Phi) is 6.76. The van der Waals surface area contributed by atoms with E-state index in [0.29, 0.717) is 19.5 Å². The Balaban J connectivity index is 2.34. The van der Waals surface area contributed by atoms with Crippen LogP contribution in [-0.2, 0) is 0 Å². The Morgan fingerprint density at radius 3 is 2.50 bits per heavy atom. The summed E-state index contributed by atoms with van der Waals surface area (Å²) in [4.78, 5) is 16.1. The van der Waals surface area contributed by atoms with Gasteiger partial charge in [0.15, 0.2) is 0 Å². The number of amides is 2. The predicted molar refractivity (Wildman–Crippen MR) is 81.8 cm³/mol. The lowest BCUT2D eigenvalue weighted by atomic mass is 9.98. The minimum atomic E-state index is -0.366. The van der Waals surface area contributed by atoms with Crippen LogP contribution in [0.3, 0.4) is 0 Å². The molecule has 1 saturated heterocycles. The fourth-order valence-corrected chi connectivity index (χ4v) is 2.52. The van der Waals surface area contributed by atoms with Gasteiger partial charge in [-0.1, -0.05) is 6.42 Å². The van der Waals surface area contributed by atoms with Gasteiger partial charge in [0.1, 0.15) is 0 Å². The van der Waals surface area contributed by atoms with Gasteiger partial charge in [-0.3, -0.25) is 4.90 Å². The molecule has 1 unspecified atom stereocenters. The number of carbonyl (C=O) groups is 1. The van der Waals surface area contributed by atoms with Gasteiger partial charge < -0.3 is 15.3 Å². The molecule has 0 radical (unpaired) electrons. The van der Waals surface area contributed by atoms with E-state index in [2.05, 4.69) is 24.1 Å². The van der Waals surface area contributed by atoms with Crippen LogP contribution in [0.1, 0.15) is 46.5 Å². The maximum atomic E-state index is 12.0. The summed E-state index contributed by atoms with van der Waals surface area (Å²) in [5.41, 5.74) is 0.00118. The van der Waals surface area contributed by atoms with E-state index in [1.807, 2.05) is 0 Å². The second kappa shape index (κ2) is 7.84. The highest BCUT2D eigenvalue weighted by atomic mass is 16.3. The van der Waals surface area contributed by atoms with E-state index >= 15 is 0 Å². The predicted octanol–water partition coefficient (Wildman–Crippen LogP) is 1.66. The lowest BCUT2D eigenvalue weighted by Crippen LogP contribution is -2.54. The summed E-state index contributed by atoms with van der Waals surface area (Å²) in [6.07, 6.45) is 4.08. The number of carbonyl (C=O) groups excluding carboxylic acids is 1. The smallest absolute Gasteiger partial charge is 0.317 e. The fraction of sp³-hybridized carbons (Fsp3) is 0.933. The Morgan fingerprint density at radius 2 is 1.95 bits per heavy atom. The third-order valence-corrected chi connectivity index (χ3v) is 4.11. The van der Waals surface area contributed by atoms with Crippen LogP contribution in [0.15, 0.2) is 0 Å². The molecule has 1 heterocycles. The molecule has 0 aromatic heterocycles. The third-order valence-electron chi connectivity index (χ3n) is 4.11. The van der Waals surface area contributed by atoms with Crippen LogP contribution in [0.25, 0.3) is 0 Å². The number of aliphatic hydroxyl groups excluding tert-OH is 1. The van der Waals surface area contributed by atoms with E-state index in [-0.39, 0.29) is 17.7 Å². The van der Waals surface area contributed by atoms with E-state index < -0.39 is 0 Å². The maximum absolute atomic E-state index is 12.0. The number of rotatable bonds is 6. The average molecular weight is 285 g/mol. The lowest BCUT2D eigenvalue weighted by molar-refractivity contribution is 0.0939. The van der Waals surface area contributed by atoms with Crippen molar-refractivity contribution in [2.45, 2.75) is 58.1 Å². The van der Waals surface area contributed by atoms with Crippen LogP contribution in [0.2, 0.25) is 0 Å². The number of nitrogens with one attached hydrogen (secondary N) is 1. The zero-order chi connectivity index (χ0) is 15.2. The molecule has 1 atom stereocenters. The van der Waals surface area contributed by atoms with Gasteiger partial charge in [0.2, 0.25) is 0 Å². The van der Waals surface area contributed by atoms with Crippen LogP contribution in [-0.4, -0.2) is 65.8 Å². The van der Waals surface area contributed by atoms with Crippen LogP contribution in [0.5, 0.6) is 0 Å². The number of urea groups is 1. The monoisotopic (exact) mass is 285 g/mol. The molecule has 0 saturated carbocycles. The molecule has 118 valence electrons. The van der Waals surface area contributed by atoms with E-state index in [9.17, 15) is 9.90 Å². The average Bonchev–Trinajstić information content (AvgIpc) is 2.43. The number of nitrogens with zero attached hydrogens (tertiary/aromatic N) is 2. The molecule has 1 rings (SSSR count). The number of hydrogen-bond donors (Lipinski definition) is 2. The van der Waals surface area contributed by atoms with Crippen LogP contribution in [0.4, 0.5) is 4.79 Å². The van der Waals surface area contributed by atoms with Crippen LogP contribution < -0.4 is 5.32 Å². The van der Waals surface area contributed by atoms with Crippen molar-refractivity contribution in [1.29, 1.82) is 0 Å². The van der Waals surface area contributed by atoms with Crippen molar-refractivity contribution in [2.75, 3.05) is 33.2 Å². The number of aliphatic hydroxyl groups is 1. The lowest BCUT2D eigenvalue weighted by Gasteiger charge is -2.41. The number of piperidine rings is 1. The molecule has 5 nitrogen and oxygen atoms in total. The van der Waals surface area contributed by atoms with Crippen molar-refractivity contribution in [1.82, 2.24) is 15.1 Å². The van der Waals surface area contributed by atoms with Gasteiger partial charge in [0.05, 0.1) is 6.10 Å². The molecule has 1 aliphatic heterocycles. The minimum absolute atomic E-state index is 0.00118.